The standard InChI is InChI=1S/C21H24F3N3O6/c1-12(2)19(28)30-11-31-20(29)17-18(26-27-25-17)32-15-7-3-13(4-8-15)14-5-9-16(10-6-14)33-21(22,23)24/h5-6,9-10,12-13,15H,3-4,7-8,11H2,1-2H3,(H,25,26,27)/t13-,15-. The van der Waals surface area contributed by atoms with Gasteiger partial charge in [-0.1, -0.05) is 36.3 Å². The number of ether oxygens (including phenoxy) is 4. The van der Waals surface area contributed by atoms with Crippen molar-refractivity contribution >= 4 is 11.9 Å². The number of carbonyl (C=O) groups is 2. The van der Waals surface area contributed by atoms with Gasteiger partial charge in [-0.3, -0.25) is 4.79 Å². The number of alkyl halides is 3. The summed E-state index contributed by atoms with van der Waals surface area (Å²) < 4.78 is 56.3. The fourth-order valence-electron chi connectivity index (χ4n) is 3.43. The number of hydrogen-bond acceptors (Lipinski definition) is 8. The molecule has 1 aliphatic carbocycles. The lowest BCUT2D eigenvalue weighted by Gasteiger charge is -2.28. The number of aromatic nitrogens is 3. The van der Waals surface area contributed by atoms with Crippen LogP contribution in [0.25, 0.3) is 0 Å². The van der Waals surface area contributed by atoms with Crippen molar-refractivity contribution in [3.8, 4) is 11.6 Å². The molecular weight excluding hydrogens is 447 g/mol. The second kappa shape index (κ2) is 10.5. The van der Waals surface area contributed by atoms with Crippen molar-refractivity contribution in [3.05, 3.63) is 35.5 Å². The van der Waals surface area contributed by atoms with Crippen molar-refractivity contribution in [2.45, 2.75) is 57.9 Å². The first-order valence-corrected chi connectivity index (χ1v) is 10.4. The van der Waals surface area contributed by atoms with Gasteiger partial charge in [0.1, 0.15) is 11.9 Å². The molecular formula is C21H24F3N3O6. The molecule has 0 radical (unpaired) electrons. The summed E-state index contributed by atoms with van der Waals surface area (Å²) in [4.78, 5) is 23.6. The van der Waals surface area contributed by atoms with Crippen LogP contribution < -0.4 is 9.47 Å². The van der Waals surface area contributed by atoms with E-state index in [-0.39, 0.29) is 35.3 Å². The largest absolute Gasteiger partial charge is 0.573 e. The summed E-state index contributed by atoms with van der Waals surface area (Å²) in [5, 5.41) is 9.77. The Bertz CT molecular complexity index is 937. The summed E-state index contributed by atoms with van der Waals surface area (Å²) in [6, 6.07) is 5.86. The first-order chi connectivity index (χ1) is 15.6. The minimum absolute atomic E-state index is 0.00714. The minimum atomic E-state index is -4.72. The molecule has 1 saturated carbocycles. The molecule has 0 atom stereocenters. The van der Waals surface area contributed by atoms with Gasteiger partial charge in [-0.05, 0) is 49.3 Å². The smallest absolute Gasteiger partial charge is 0.472 e. The van der Waals surface area contributed by atoms with Crippen LogP contribution in [0.15, 0.2) is 24.3 Å². The Morgan fingerprint density at radius 1 is 1.09 bits per heavy atom. The maximum absolute atomic E-state index is 12.3. The first kappa shape index (κ1) is 24.3. The molecule has 0 unspecified atom stereocenters. The molecule has 1 fully saturated rings. The third kappa shape index (κ3) is 7.09. The lowest BCUT2D eigenvalue weighted by molar-refractivity contribution is -0.274. The van der Waals surface area contributed by atoms with Crippen molar-refractivity contribution in [3.63, 3.8) is 0 Å². The van der Waals surface area contributed by atoms with Gasteiger partial charge in [-0.15, -0.1) is 13.2 Å². The zero-order valence-electron chi connectivity index (χ0n) is 18.1. The minimum Gasteiger partial charge on any atom is -0.472 e. The van der Waals surface area contributed by atoms with E-state index in [0.717, 1.165) is 18.4 Å². The summed E-state index contributed by atoms with van der Waals surface area (Å²) in [6.45, 7) is 2.77. The van der Waals surface area contributed by atoms with E-state index >= 15 is 0 Å². The molecule has 0 spiro atoms. The maximum Gasteiger partial charge on any atom is 0.573 e. The summed E-state index contributed by atoms with van der Waals surface area (Å²) in [7, 11) is 0. The predicted molar refractivity (Wildman–Crippen MR) is 106 cm³/mol. The van der Waals surface area contributed by atoms with Gasteiger partial charge in [-0.25, -0.2) is 9.89 Å². The molecule has 1 aromatic carbocycles. The average Bonchev–Trinajstić information content (AvgIpc) is 3.22. The van der Waals surface area contributed by atoms with Gasteiger partial charge in [0.2, 0.25) is 12.5 Å². The SMILES string of the molecule is CC(C)C(=O)OCOC(=O)c1[nH]nnc1O[C@H]1CC[C@H](c2ccc(OC(F)(F)F)cc2)CC1. The van der Waals surface area contributed by atoms with Gasteiger partial charge in [-0.2, -0.15) is 0 Å². The van der Waals surface area contributed by atoms with Crippen LogP contribution in [-0.4, -0.2) is 46.6 Å². The lowest BCUT2D eigenvalue weighted by Crippen LogP contribution is -2.24. The number of hydrogen-bond donors (Lipinski definition) is 1. The number of aromatic amines is 1. The number of carbonyl (C=O) groups excluding carboxylic acids is 2. The molecule has 180 valence electrons. The number of nitrogens with one attached hydrogen (secondary N) is 1. The second-order valence-corrected chi connectivity index (χ2v) is 7.87. The number of benzene rings is 1. The van der Waals surface area contributed by atoms with Crippen LogP contribution in [0.3, 0.4) is 0 Å². The van der Waals surface area contributed by atoms with Crippen molar-refractivity contribution in [1.29, 1.82) is 0 Å². The number of esters is 2. The molecule has 0 aliphatic heterocycles. The molecule has 2 aromatic rings. The summed E-state index contributed by atoms with van der Waals surface area (Å²) in [6.07, 6.45) is -2.15. The Kier molecular flexibility index (Phi) is 7.77. The highest BCUT2D eigenvalue weighted by molar-refractivity contribution is 5.89. The fourth-order valence-corrected chi connectivity index (χ4v) is 3.43. The molecule has 0 amide bonds. The van der Waals surface area contributed by atoms with Gasteiger partial charge in [0, 0.05) is 0 Å². The predicted octanol–water partition coefficient (Wildman–Crippen LogP) is 4.12. The van der Waals surface area contributed by atoms with E-state index < -0.39 is 25.1 Å². The Labute approximate surface area is 187 Å². The molecule has 0 bridgehead atoms. The second-order valence-electron chi connectivity index (χ2n) is 7.87. The maximum atomic E-state index is 12.3. The topological polar surface area (TPSA) is 113 Å². The number of nitrogens with zero attached hydrogens (tertiary/aromatic N) is 2. The van der Waals surface area contributed by atoms with E-state index in [9.17, 15) is 22.8 Å². The van der Waals surface area contributed by atoms with Crippen molar-refractivity contribution in [2.75, 3.05) is 6.79 Å². The summed E-state index contributed by atoms with van der Waals surface area (Å²) in [5.41, 5.74) is 0.836. The highest BCUT2D eigenvalue weighted by atomic mass is 19.4. The van der Waals surface area contributed by atoms with Crippen molar-refractivity contribution in [2.24, 2.45) is 5.92 Å². The van der Waals surface area contributed by atoms with Crippen LogP contribution in [0.1, 0.15) is 61.5 Å². The third-order valence-electron chi connectivity index (χ3n) is 5.12. The zero-order chi connectivity index (χ0) is 24.0. The van der Waals surface area contributed by atoms with Crippen LogP contribution in [0, 0.1) is 5.92 Å². The Hall–Kier alpha value is -3.31. The molecule has 1 N–H and O–H groups in total. The average molecular weight is 471 g/mol. The number of rotatable bonds is 8. The van der Waals surface area contributed by atoms with E-state index in [1.54, 1.807) is 26.0 Å². The molecule has 1 aliphatic rings. The molecule has 3 rings (SSSR count). The lowest BCUT2D eigenvalue weighted by atomic mass is 9.83. The quantitative estimate of drug-likeness (QED) is 0.452. The molecule has 0 saturated heterocycles. The molecule has 33 heavy (non-hydrogen) atoms. The third-order valence-corrected chi connectivity index (χ3v) is 5.12. The normalized spacial score (nSPS) is 18.6. The van der Waals surface area contributed by atoms with Crippen LogP contribution in [-0.2, 0) is 14.3 Å². The van der Waals surface area contributed by atoms with Crippen LogP contribution in [0.5, 0.6) is 11.6 Å². The Balaban J connectivity index is 1.48. The first-order valence-electron chi connectivity index (χ1n) is 10.4. The van der Waals surface area contributed by atoms with Gasteiger partial charge in [0.15, 0.2) is 0 Å². The van der Waals surface area contributed by atoms with E-state index in [1.807, 2.05) is 0 Å². The van der Waals surface area contributed by atoms with Crippen LogP contribution in [0.2, 0.25) is 0 Å². The summed E-state index contributed by atoms with van der Waals surface area (Å²) >= 11 is 0. The van der Waals surface area contributed by atoms with Crippen molar-refractivity contribution < 1.29 is 41.7 Å². The highest BCUT2D eigenvalue weighted by Gasteiger charge is 2.31. The van der Waals surface area contributed by atoms with E-state index in [0.29, 0.717) is 12.8 Å². The van der Waals surface area contributed by atoms with Crippen molar-refractivity contribution in [1.82, 2.24) is 15.4 Å². The van der Waals surface area contributed by atoms with E-state index in [2.05, 4.69) is 20.1 Å². The highest BCUT2D eigenvalue weighted by Crippen LogP contribution is 2.35. The molecule has 12 heteroatoms. The van der Waals surface area contributed by atoms with E-state index in [1.165, 1.54) is 12.1 Å². The Morgan fingerprint density at radius 2 is 1.76 bits per heavy atom. The van der Waals surface area contributed by atoms with Crippen LogP contribution >= 0.6 is 0 Å². The van der Waals surface area contributed by atoms with Gasteiger partial charge in [0.25, 0.3) is 5.88 Å². The van der Waals surface area contributed by atoms with Crippen LogP contribution in [0.4, 0.5) is 13.2 Å². The van der Waals surface area contributed by atoms with Gasteiger partial charge >= 0.3 is 18.3 Å². The van der Waals surface area contributed by atoms with E-state index in [4.69, 9.17) is 14.2 Å². The molecule has 9 nitrogen and oxygen atoms in total. The molecule has 1 heterocycles. The number of halogens is 3. The monoisotopic (exact) mass is 471 g/mol. The van der Waals surface area contributed by atoms with Gasteiger partial charge in [0.05, 0.1) is 5.92 Å². The number of H-pyrrole nitrogens is 1. The molecule has 1 aromatic heterocycles. The zero-order valence-corrected chi connectivity index (χ0v) is 18.1. The van der Waals surface area contributed by atoms with Gasteiger partial charge < -0.3 is 18.9 Å². The Morgan fingerprint density at radius 3 is 2.36 bits per heavy atom. The summed E-state index contributed by atoms with van der Waals surface area (Å²) in [5.74, 6) is -1.76. The fraction of sp³-hybridized carbons (Fsp3) is 0.524.